The van der Waals surface area contributed by atoms with E-state index in [2.05, 4.69) is 21.1 Å². The molecule has 5 nitrogen and oxygen atoms in total. The van der Waals surface area contributed by atoms with Gasteiger partial charge in [0.25, 0.3) is 0 Å². The zero-order valence-electron chi connectivity index (χ0n) is 7.21. The maximum absolute atomic E-state index is 11.2. The standard InChI is InChI=1S/C8H7N3O2S/c1-2-3-13-8(12)7(11-9)6-4-14-5-10-6/h2,4-5H,1,3H2. The summed E-state index contributed by atoms with van der Waals surface area (Å²) in [6, 6.07) is 0. The maximum atomic E-state index is 11.2. The Morgan fingerprint density at radius 1 is 1.86 bits per heavy atom. The molecule has 6 heteroatoms. The van der Waals surface area contributed by atoms with Crippen LogP contribution in [-0.2, 0) is 9.53 Å². The number of thiazole rings is 1. The number of hydrogen-bond acceptors (Lipinski definition) is 4. The summed E-state index contributed by atoms with van der Waals surface area (Å²) in [6.45, 7) is 3.46. The molecule has 1 rings (SSSR count). The van der Waals surface area contributed by atoms with Gasteiger partial charge in [0.2, 0.25) is 0 Å². The number of aromatic nitrogens is 1. The highest BCUT2D eigenvalue weighted by atomic mass is 32.1. The molecule has 0 aliphatic carbocycles. The molecule has 14 heavy (non-hydrogen) atoms. The van der Waals surface area contributed by atoms with Crippen LogP contribution in [0.1, 0.15) is 5.69 Å². The van der Waals surface area contributed by atoms with Crippen LogP contribution in [0.2, 0.25) is 0 Å². The van der Waals surface area contributed by atoms with Gasteiger partial charge in [-0.3, -0.25) is 0 Å². The molecule has 72 valence electrons. The van der Waals surface area contributed by atoms with Crippen LogP contribution in [0.25, 0.3) is 5.53 Å². The third-order valence-corrected chi connectivity index (χ3v) is 1.89. The van der Waals surface area contributed by atoms with E-state index in [1.807, 2.05) is 0 Å². The molecule has 1 heterocycles. The molecule has 0 spiro atoms. The molecule has 0 unspecified atom stereocenters. The molecule has 0 radical (unpaired) electrons. The van der Waals surface area contributed by atoms with Crippen LogP contribution in [0.5, 0.6) is 0 Å². The molecule has 1 aromatic rings. The van der Waals surface area contributed by atoms with Crippen molar-refractivity contribution in [3.63, 3.8) is 0 Å². The Hall–Kier alpha value is -1.78. The minimum absolute atomic E-state index is 0.0714. The minimum atomic E-state index is -0.724. The average molecular weight is 209 g/mol. The second-order valence-corrected chi connectivity index (χ2v) is 2.93. The lowest BCUT2D eigenvalue weighted by molar-refractivity contribution is -0.138. The zero-order chi connectivity index (χ0) is 10.4. The molecule has 0 atom stereocenters. The predicted octanol–water partition coefficient (Wildman–Crippen LogP) is 0.891. The van der Waals surface area contributed by atoms with E-state index in [1.165, 1.54) is 22.9 Å². The van der Waals surface area contributed by atoms with Crippen molar-refractivity contribution in [3.8, 4) is 0 Å². The van der Waals surface area contributed by atoms with Crippen molar-refractivity contribution in [1.82, 2.24) is 4.98 Å². The molecule has 0 saturated carbocycles. The van der Waals surface area contributed by atoms with Crippen LogP contribution in [0, 0.1) is 0 Å². The van der Waals surface area contributed by atoms with Gasteiger partial charge in [0.15, 0.2) is 5.69 Å². The van der Waals surface area contributed by atoms with Crippen LogP contribution in [0.15, 0.2) is 23.5 Å². The Kier molecular flexibility index (Phi) is 3.72. The molecule has 0 saturated heterocycles. The topological polar surface area (TPSA) is 75.6 Å². The summed E-state index contributed by atoms with van der Waals surface area (Å²) >= 11 is 1.29. The van der Waals surface area contributed by atoms with Crippen LogP contribution in [-0.4, -0.2) is 28.1 Å². The molecule has 0 aromatic carbocycles. The quantitative estimate of drug-likeness (QED) is 0.243. The average Bonchev–Trinajstić information content (AvgIpc) is 2.69. The Labute approximate surface area is 84.3 Å². The molecular formula is C8H7N3O2S. The van der Waals surface area contributed by atoms with E-state index in [4.69, 9.17) is 5.53 Å². The van der Waals surface area contributed by atoms with Gasteiger partial charge < -0.3 is 10.3 Å². The first-order chi connectivity index (χ1) is 6.79. The molecule has 0 amide bonds. The van der Waals surface area contributed by atoms with E-state index < -0.39 is 5.97 Å². The third-order valence-electron chi connectivity index (χ3n) is 1.30. The van der Waals surface area contributed by atoms with E-state index >= 15 is 0 Å². The lowest BCUT2D eigenvalue weighted by atomic mass is 10.3. The Morgan fingerprint density at radius 2 is 2.64 bits per heavy atom. The number of esters is 1. The third kappa shape index (κ3) is 2.35. The van der Waals surface area contributed by atoms with Gasteiger partial charge in [0.05, 0.1) is 5.51 Å². The van der Waals surface area contributed by atoms with Crippen molar-refractivity contribution in [1.29, 1.82) is 0 Å². The van der Waals surface area contributed by atoms with Crippen LogP contribution in [0.3, 0.4) is 0 Å². The van der Waals surface area contributed by atoms with E-state index in [-0.39, 0.29) is 12.3 Å². The number of hydrogen-bond donors (Lipinski definition) is 0. The second kappa shape index (κ2) is 5.06. The summed E-state index contributed by atoms with van der Waals surface area (Å²) < 4.78 is 4.68. The van der Waals surface area contributed by atoms with E-state index in [9.17, 15) is 4.79 Å². The largest absolute Gasteiger partial charge is 0.453 e. The number of rotatable bonds is 4. The second-order valence-electron chi connectivity index (χ2n) is 2.21. The van der Waals surface area contributed by atoms with Gasteiger partial charge in [0.1, 0.15) is 6.61 Å². The number of ether oxygens (including phenoxy) is 1. The highest BCUT2D eigenvalue weighted by Crippen LogP contribution is 2.02. The minimum Gasteiger partial charge on any atom is -0.453 e. The molecular weight excluding hydrogens is 202 g/mol. The first-order valence-corrected chi connectivity index (χ1v) is 4.62. The van der Waals surface area contributed by atoms with Gasteiger partial charge in [-0.15, -0.1) is 11.3 Å². The van der Waals surface area contributed by atoms with Gasteiger partial charge >= 0.3 is 11.7 Å². The van der Waals surface area contributed by atoms with Crippen molar-refractivity contribution >= 4 is 23.0 Å². The van der Waals surface area contributed by atoms with Crippen molar-refractivity contribution < 1.29 is 14.3 Å². The Morgan fingerprint density at radius 3 is 3.14 bits per heavy atom. The smallest absolute Gasteiger partial charge is 0.425 e. The van der Waals surface area contributed by atoms with Gasteiger partial charge in [-0.05, 0) is 0 Å². The van der Waals surface area contributed by atoms with Crippen molar-refractivity contribution in [2.45, 2.75) is 0 Å². The summed E-state index contributed by atoms with van der Waals surface area (Å²) in [5.41, 5.74) is 10.2. The van der Waals surface area contributed by atoms with E-state index in [0.717, 1.165) is 0 Å². The highest BCUT2D eigenvalue weighted by Gasteiger charge is 2.26. The first kappa shape index (κ1) is 10.3. The summed E-state index contributed by atoms with van der Waals surface area (Å²) in [5.74, 6) is -0.724. The molecule has 0 fully saturated rings. The fourth-order valence-electron chi connectivity index (χ4n) is 0.729. The molecule has 0 aliphatic heterocycles. The van der Waals surface area contributed by atoms with Gasteiger partial charge in [-0.1, -0.05) is 12.7 Å². The normalized spacial score (nSPS) is 8.86. The van der Waals surface area contributed by atoms with Crippen LogP contribution >= 0.6 is 11.3 Å². The van der Waals surface area contributed by atoms with Gasteiger partial charge in [-0.2, -0.15) is 4.79 Å². The fraction of sp³-hybridized carbons (Fsp3) is 0.125. The van der Waals surface area contributed by atoms with Crippen molar-refractivity contribution in [3.05, 3.63) is 34.8 Å². The SMILES string of the molecule is C=CCOC(=O)C(=[N+]=[N-])c1cscn1. The summed E-state index contributed by atoms with van der Waals surface area (Å²) in [7, 11) is 0. The first-order valence-electron chi connectivity index (χ1n) is 3.68. The summed E-state index contributed by atoms with van der Waals surface area (Å²) in [5, 5.41) is 1.59. The highest BCUT2D eigenvalue weighted by molar-refractivity contribution is 7.07. The van der Waals surface area contributed by atoms with Gasteiger partial charge in [0, 0.05) is 5.38 Å². The van der Waals surface area contributed by atoms with Crippen molar-refractivity contribution in [2.24, 2.45) is 0 Å². The molecule has 0 aliphatic rings. The number of carbonyl (C=O) groups excluding carboxylic acids is 1. The van der Waals surface area contributed by atoms with Crippen LogP contribution < -0.4 is 0 Å². The predicted molar refractivity (Wildman–Crippen MR) is 51.0 cm³/mol. The molecule has 1 aromatic heterocycles. The maximum Gasteiger partial charge on any atom is 0.425 e. The van der Waals surface area contributed by atoms with Crippen molar-refractivity contribution in [2.75, 3.05) is 6.61 Å². The van der Waals surface area contributed by atoms with Gasteiger partial charge in [-0.25, -0.2) is 9.78 Å². The number of carbonyl (C=O) groups is 1. The lowest BCUT2D eigenvalue weighted by Gasteiger charge is -1.94. The monoisotopic (exact) mass is 209 g/mol. The molecule has 0 N–H and O–H groups in total. The summed E-state index contributed by atoms with van der Waals surface area (Å²) in [4.78, 5) is 17.9. The Balaban J connectivity index is 2.79. The lowest BCUT2D eigenvalue weighted by Crippen LogP contribution is -2.20. The van der Waals surface area contributed by atoms with E-state index in [1.54, 1.807) is 5.38 Å². The number of nitrogens with zero attached hydrogens (tertiary/aromatic N) is 3. The zero-order valence-corrected chi connectivity index (χ0v) is 8.03. The Bertz CT molecular complexity index is 379. The summed E-state index contributed by atoms with van der Waals surface area (Å²) in [6.07, 6.45) is 1.42. The van der Waals surface area contributed by atoms with Crippen LogP contribution in [0.4, 0.5) is 0 Å². The molecule has 0 bridgehead atoms. The van der Waals surface area contributed by atoms with E-state index in [0.29, 0.717) is 5.69 Å². The fourth-order valence-corrected chi connectivity index (χ4v) is 1.27.